The van der Waals surface area contributed by atoms with Crippen molar-refractivity contribution in [3.63, 3.8) is 0 Å². The van der Waals surface area contributed by atoms with Crippen LogP contribution in [0.3, 0.4) is 0 Å². The highest BCUT2D eigenvalue weighted by Gasteiger charge is 2.32. The molecule has 6 N–H and O–H groups in total. The zero-order chi connectivity index (χ0) is 60.2. The first kappa shape index (κ1) is 61.6. The Bertz CT molecular complexity index is 4000. The van der Waals surface area contributed by atoms with Gasteiger partial charge < -0.3 is 35.8 Å². The summed E-state index contributed by atoms with van der Waals surface area (Å²) in [6.07, 6.45) is 2.02. The molecule has 0 saturated carbocycles. The number of aromatic nitrogens is 9. The van der Waals surface area contributed by atoms with Crippen molar-refractivity contribution in [2.75, 3.05) is 32.6 Å². The number of nitrogens with two attached hydrogens (primary N) is 2. The van der Waals surface area contributed by atoms with Crippen molar-refractivity contribution in [3.05, 3.63) is 166 Å². The summed E-state index contributed by atoms with van der Waals surface area (Å²) in [5.74, 6) is -0.782. The molecule has 0 radical (unpaired) electrons. The number of carbonyl (C=O) groups is 3. The summed E-state index contributed by atoms with van der Waals surface area (Å²) < 4.78 is 42.0. The number of ether oxygens (including phenoxy) is 2. The summed E-state index contributed by atoms with van der Waals surface area (Å²) >= 11 is 0. The van der Waals surface area contributed by atoms with Gasteiger partial charge >= 0.3 is 6.15 Å². The third-order valence-corrected chi connectivity index (χ3v) is 12.2. The molecule has 0 spiro atoms. The highest BCUT2D eigenvalue weighted by atomic mass is 19.1. The lowest BCUT2D eigenvalue weighted by Crippen LogP contribution is -2.32. The number of nitrogens with one attached hydrogen (secondary N) is 1. The van der Waals surface area contributed by atoms with E-state index in [2.05, 4.69) is 48.1 Å². The van der Waals surface area contributed by atoms with E-state index in [4.69, 9.17) is 45.4 Å². The number of nitrogens with zero attached hydrogens (tertiary/aromatic N) is 13. The Morgan fingerprint density at radius 1 is 0.750 bits per heavy atom. The SMILES string of the molecule is C.CN1C(=O)c2ccccc2C1=O.CNOc1nn(C)c(C#N)c1-c1cnc(N)c(O[C@H](C)c2cccc(F)c2)c1.C[C@H]1Oc2cc(cnc2N)-c2c(nn(C)c2C#N)ON(C)C(=O)c2ccc(F)cc21.O=C=O.On1nnc2ccccc21. The van der Waals surface area contributed by atoms with Gasteiger partial charge in [-0.25, -0.2) is 18.7 Å². The van der Waals surface area contributed by atoms with Gasteiger partial charge in [-0.3, -0.25) is 28.6 Å². The number of imide groups is 1. The molecular weight excluding hydrogens is 1090 g/mol. The van der Waals surface area contributed by atoms with Crippen molar-refractivity contribution < 1.29 is 57.1 Å². The molecule has 3 amide bonds. The van der Waals surface area contributed by atoms with Crippen LogP contribution in [0.5, 0.6) is 23.3 Å². The Kier molecular flexibility index (Phi) is 19.8. The van der Waals surface area contributed by atoms with E-state index in [-0.39, 0.29) is 71.6 Å². The number of hydroxylamine groups is 3. The molecule has 28 heteroatoms. The minimum Gasteiger partial charge on any atom is -0.482 e. The van der Waals surface area contributed by atoms with E-state index >= 15 is 0 Å². The van der Waals surface area contributed by atoms with Crippen molar-refractivity contribution in [2.24, 2.45) is 14.1 Å². The molecule has 0 unspecified atom stereocenters. The molecule has 2 aliphatic heterocycles. The number of benzene rings is 4. The maximum Gasteiger partial charge on any atom is 0.373 e. The number of halogens is 2. The van der Waals surface area contributed by atoms with Crippen molar-refractivity contribution in [1.29, 1.82) is 10.5 Å². The third-order valence-electron chi connectivity index (χ3n) is 12.2. The van der Waals surface area contributed by atoms with Crippen LogP contribution in [0.1, 0.15) is 87.1 Å². The first-order valence-corrected chi connectivity index (χ1v) is 24.3. The summed E-state index contributed by atoms with van der Waals surface area (Å²) in [7, 11) is 7.70. The van der Waals surface area contributed by atoms with Crippen LogP contribution >= 0.6 is 0 Å². The Balaban J connectivity index is 0.000000191. The molecule has 5 aromatic heterocycles. The van der Waals surface area contributed by atoms with Gasteiger partial charge in [0, 0.05) is 69.9 Å². The third kappa shape index (κ3) is 13.3. The Labute approximate surface area is 477 Å². The van der Waals surface area contributed by atoms with Crippen LogP contribution in [0.25, 0.3) is 33.3 Å². The first-order chi connectivity index (χ1) is 39.7. The van der Waals surface area contributed by atoms with Crippen molar-refractivity contribution in [2.45, 2.75) is 33.5 Å². The average molecular weight is 1150 g/mol. The monoisotopic (exact) mass is 1150 g/mol. The van der Waals surface area contributed by atoms with Crippen LogP contribution in [-0.2, 0) is 23.7 Å². The molecule has 0 aliphatic carbocycles. The Morgan fingerprint density at radius 2 is 1.35 bits per heavy atom. The van der Waals surface area contributed by atoms with Crippen LogP contribution in [0.15, 0.2) is 116 Å². The van der Waals surface area contributed by atoms with Crippen LogP contribution in [0, 0.1) is 34.3 Å². The topological polar surface area (TPSA) is 353 Å². The van der Waals surface area contributed by atoms with Gasteiger partial charge in [0.05, 0.1) is 22.3 Å². The fourth-order valence-electron chi connectivity index (χ4n) is 8.22. The predicted molar refractivity (Wildman–Crippen MR) is 294 cm³/mol. The number of carbonyl (C=O) groups excluding carboxylic acids is 5. The molecule has 4 aromatic carbocycles. The standard InChI is InChI=1S/C20H17FN6O3.C19H19FN6O2.C9H7NO2.C6H5N3O.CO2.CH4/c1-10-14-7-12(21)4-5-13(14)20(28)27(3)30-19-17(15(8-22)26(2)25-19)11-6-16(29-10)18(23)24-9-11;1-11(12-5-4-6-14(20)7-12)27-16-8-13(10-24-18(16)22)17-15(9-21)26(3)25-19(17)28-23-2;1-10-8(11)6-4-2-3-5-7(6)9(10)12;10-9-6-4-2-1-3-5(6)7-8-9;2-1-3;/h4-7,9-10H,1-3H3,(H2,23,24);4-8,10-11,23H,1-3H3,(H2,22,24);2-5H,1H3;1-4,10H;;1H4/t10-;11-;;;;/m11..../s1. The molecule has 9 aromatic rings. The van der Waals surface area contributed by atoms with Gasteiger partial charge in [-0.15, -0.1) is 15.3 Å². The van der Waals surface area contributed by atoms with Gasteiger partial charge in [0.2, 0.25) is 0 Å². The molecule has 0 saturated heterocycles. The van der Waals surface area contributed by atoms with Gasteiger partial charge in [-0.05, 0) is 91.4 Å². The molecule has 2 atom stereocenters. The van der Waals surface area contributed by atoms with Crippen LogP contribution < -0.4 is 36.1 Å². The molecule has 26 nitrogen and oxygen atoms in total. The van der Waals surface area contributed by atoms with E-state index in [1.807, 2.05) is 12.1 Å². The lowest BCUT2D eigenvalue weighted by atomic mass is 10.0. The second-order valence-corrected chi connectivity index (χ2v) is 17.5. The molecule has 0 fully saturated rings. The van der Waals surface area contributed by atoms with E-state index in [1.165, 1.54) is 66.2 Å². The van der Waals surface area contributed by atoms with Crippen LogP contribution in [-0.4, -0.2) is 105 Å². The number of para-hydroxylation sites is 1. The van der Waals surface area contributed by atoms with Gasteiger partial charge in [-0.1, -0.05) is 48.7 Å². The number of fused-ring (bicyclic) bond motifs is 7. The van der Waals surface area contributed by atoms with E-state index in [9.17, 15) is 33.7 Å². The number of nitriles is 2. The lowest BCUT2D eigenvalue weighted by Gasteiger charge is -2.23. The van der Waals surface area contributed by atoms with Gasteiger partial charge in [-0.2, -0.15) is 30.7 Å². The quantitative estimate of drug-likeness (QED) is 0.0742. The van der Waals surface area contributed by atoms with Crippen LogP contribution in [0.2, 0.25) is 0 Å². The highest BCUT2D eigenvalue weighted by Crippen LogP contribution is 2.39. The second kappa shape index (κ2) is 27.0. The smallest absolute Gasteiger partial charge is 0.373 e. The summed E-state index contributed by atoms with van der Waals surface area (Å²) in [6.45, 7) is 3.45. The van der Waals surface area contributed by atoms with E-state index in [0.29, 0.717) is 67.0 Å². The maximum absolute atomic E-state index is 13.9. The van der Waals surface area contributed by atoms with Gasteiger partial charge in [0.15, 0.2) is 23.1 Å². The number of hydrogen-bond acceptors (Lipinski definition) is 21. The molecule has 11 rings (SSSR count). The normalized spacial score (nSPS) is 13.0. The van der Waals surface area contributed by atoms with E-state index in [1.54, 1.807) is 95.7 Å². The molecule has 84 heavy (non-hydrogen) atoms. The van der Waals surface area contributed by atoms with Crippen molar-refractivity contribution in [1.82, 2.24) is 60.1 Å². The number of pyridine rings is 2. The number of hydrogen-bond donors (Lipinski definition) is 4. The summed E-state index contributed by atoms with van der Waals surface area (Å²) in [6, 6.07) is 31.3. The molecular formula is C56H52F2N16O10. The van der Waals surface area contributed by atoms with Gasteiger partial charge in [0.25, 0.3) is 29.5 Å². The average Bonchev–Trinajstić information content (AvgIpc) is 4.25. The van der Waals surface area contributed by atoms with Crippen molar-refractivity contribution in [3.8, 4) is 57.7 Å². The number of aryl methyl sites for hydroxylation is 2. The summed E-state index contributed by atoms with van der Waals surface area (Å²) in [5, 5.41) is 44.5. The minimum atomic E-state index is -0.726. The zero-order valence-electron chi connectivity index (χ0n) is 45.0. The zero-order valence-corrected chi connectivity index (χ0v) is 45.0. The Morgan fingerprint density at radius 3 is 1.98 bits per heavy atom. The van der Waals surface area contributed by atoms with Crippen LogP contribution in [0.4, 0.5) is 20.4 Å². The summed E-state index contributed by atoms with van der Waals surface area (Å²) in [4.78, 5) is 73.1. The predicted octanol–water partition coefficient (Wildman–Crippen LogP) is 6.96. The fraction of sp³-hybridized carbons (Fsp3) is 0.179. The minimum absolute atomic E-state index is 0. The largest absolute Gasteiger partial charge is 0.482 e. The molecule has 430 valence electrons. The van der Waals surface area contributed by atoms with E-state index < -0.39 is 23.9 Å². The number of nitrogen functional groups attached to an aromatic ring is 2. The molecule has 7 heterocycles. The fourth-order valence-corrected chi connectivity index (χ4v) is 8.22. The lowest BCUT2D eigenvalue weighted by molar-refractivity contribution is -0.191. The summed E-state index contributed by atoms with van der Waals surface area (Å²) in [5.41, 5.74) is 20.3. The Hall–Kier alpha value is -11.6. The molecule has 2 aliphatic rings. The maximum atomic E-state index is 13.9. The number of anilines is 2. The van der Waals surface area contributed by atoms with Crippen molar-refractivity contribution >= 4 is 46.5 Å². The molecule has 2 bridgehead atoms. The first-order valence-electron chi connectivity index (χ1n) is 24.3. The van der Waals surface area contributed by atoms with E-state index in [0.717, 1.165) is 14.8 Å². The second-order valence-electron chi connectivity index (χ2n) is 17.5. The van der Waals surface area contributed by atoms with Gasteiger partial charge in [0.1, 0.15) is 58.4 Å². The number of rotatable bonds is 6. The number of amides is 3. The highest BCUT2D eigenvalue weighted by molar-refractivity contribution is 6.21.